The van der Waals surface area contributed by atoms with Crippen LogP contribution in [0.5, 0.6) is 5.75 Å². The second kappa shape index (κ2) is 8.22. The lowest BCUT2D eigenvalue weighted by atomic mass is 9.88. The molecule has 2 saturated heterocycles. The van der Waals surface area contributed by atoms with Gasteiger partial charge in [-0.3, -0.25) is 14.4 Å². The number of ether oxygens (including phenoxy) is 2. The number of fused-ring (bicyclic) bond motifs is 1. The second-order valence-corrected chi connectivity index (χ2v) is 8.64. The van der Waals surface area contributed by atoms with Gasteiger partial charge in [-0.05, 0) is 18.4 Å². The summed E-state index contributed by atoms with van der Waals surface area (Å²) in [5.74, 6) is -0.565. The summed E-state index contributed by atoms with van der Waals surface area (Å²) in [6.45, 7) is -0.160. The van der Waals surface area contributed by atoms with Crippen molar-refractivity contribution < 1.29 is 29.0 Å². The van der Waals surface area contributed by atoms with E-state index < -0.39 is 34.3 Å². The second-order valence-electron chi connectivity index (χ2n) is 6.70. The van der Waals surface area contributed by atoms with E-state index in [9.17, 15) is 19.5 Å². The molecule has 1 aromatic rings. The average molecular weight is 427 g/mol. The van der Waals surface area contributed by atoms with Crippen LogP contribution in [0.4, 0.5) is 0 Å². The Kier molecular flexibility index (Phi) is 6.11. The molecule has 1 aromatic carbocycles. The van der Waals surface area contributed by atoms with E-state index in [2.05, 4.69) is 5.32 Å². The van der Waals surface area contributed by atoms with E-state index in [4.69, 9.17) is 9.47 Å². The quantitative estimate of drug-likeness (QED) is 0.466. The largest absolute Gasteiger partial charge is 0.484 e. The van der Waals surface area contributed by atoms with E-state index in [1.165, 1.54) is 35.5 Å². The fourth-order valence-electron chi connectivity index (χ4n) is 3.37. The smallest absolute Gasteiger partial charge is 0.313 e. The minimum atomic E-state index is -1.49. The molecule has 0 aromatic heterocycles. The monoisotopic (exact) mass is 426 g/mol. The van der Waals surface area contributed by atoms with Gasteiger partial charge in [0.25, 0.3) is 17.5 Å². The highest BCUT2D eigenvalue weighted by molar-refractivity contribution is 8.00. The maximum atomic E-state index is 12.8. The number of amides is 2. The van der Waals surface area contributed by atoms with E-state index in [0.717, 1.165) is 0 Å². The molecule has 0 spiro atoms. The molecule has 10 heteroatoms. The fourth-order valence-corrected chi connectivity index (χ4v) is 6.00. The van der Waals surface area contributed by atoms with E-state index in [1.54, 1.807) is 24.3 Å². The van der Waals surface area contributed by atoms with Crippen LogP contribution in [0.1, 0.15) is 0 Å². The molecule has 3 rings (SSSR count). The SMILES string of the molecule is COC1(NC(=O)COc2ccccc2)C(=O)N2CC(CSC)(C(=O)O)CS[C@@H]21. The number of rotatable bonds is 8. The van der Waals surface area contributed by atoms with Crippen LogP contribution in [0.2, 0.25) is 0 Å². The van der Waals surface area contributed by atoms with Gasteiger partial charge >= 0.3 is 5.97 Å². The number of para-hydroxylation sites is 1. The summed E-state index contributed by atoms with van der Waals surface area (Å²) in [5, 5.41) is 11.8. The van der Waals surface area contributed by atoms with Crippen molar-refractivity contribution in [2.24, 2.45) is 5.41 Å². The zero-order chi connectivity index (χ0) is 20.4. The maximum absolute atomic E-state index is 12.8. The van der Waals surface area contributed by atoms with Crippen LogP contribution in [0.3, 0.4) is 0 Å². The molecule has 2 aliphatic rings. The molecule has 0 saturated carbocycles. The van der Waals surface area contributed by atoms with Crippen molar-refractivity contribution in [3.63, 3.8) is 0 Å². The topological polar surface area (TPSA) is 105 Å². The predicted octanol–water partition coefficient (Wildman–Crippen LogP) is 0.873. The van der Waals surface area contributed by atoms with Crippen molar-refractivity contribution in [1.29, 1.82) is 0 Å². The molecule has 0 bridgehead atoms. The van der Waals surface area contributed by atoms with Crippen molar-refractivity contribution in [2.75, 3.05) is 38.0 Å². The number of carboxylic acid groups (broad SMARTS) is 1. The lowest BCUT2D eigenvalue weighted by molar-refractivity contribution is -0.200. The summed E-state index contributed by atoms with van der Waals surface area (Å²) in [6.07, 6.45) is 1.84. The number of methoxy groups -OCH3 is 1. The van der Waals surface area contributed by atoms with Crippen LogP contribution >= 0.6 is 23.5 Å². The summed E-state index contributed by atoms with van der Waals surface area (Å²) in [6, 6.07) is 8.87. The molecule has 2 unspecified atom stereocenters. The molecule has 3 atom stereocenters. The first-order chi connectivity index (χ1) is 13.4. The number of nitrogens with zero attached hydrogens (tertiary/aromatic N) is 1. The minimum absolute atomic E-state index is 0.0984. The van der Waals surface area contributed by atoms with E-state index in [1.807, 2.05) is 12.3 Å². The number of nitrogens with one attached hydrogen (secondary N) is 1. The predicted molar refractivity (Wildman–Crippen MR) is 106 cm³/mol. The lowest BCUT2D eigenvalue weighted by Crippen LogP contribution is -2.83. The molecule has 2 fully saturated rings. The van der Waals surface area contributed by atoms with Crippen LogP contribution < -0.4 is 10.1 Å². The Labute approximate surface area is 171 Å². The minimum Gasteiger partial charge on any atom is -0.484 e. The van der Waals surface area contributed by atoms with Crippen LogP contribution in [0.15, 0.2) is 30.3 Å². The molecule has 2 heterocycles. The van der Waals surface area contributed by atoms with Crippen molar-refractivity contribution >= 4 is 41.3 Å². The van der Waals surface area contributed by atoms with Gasteiger partial charge in [0.1, 0.15) is 16.5 Å². The lowest BCUT2D eigenvalue weighted by Gasteiger charge is -2.58. The van der Waals surface area contributed by atoms with Crippen molar-refractivity contribution in [2.45, 2.75) is 11.1 Å². The third-order valence-corrected chi connectivity index (χ3v) is 7.30. The van der Waals surface area contributed by atoms with Crippen molar-refractivity contribution in [1.82, 2.24) is 10.2 Å². The Morgan fingerprint density at radius 3 is 2.71 bits per heavy atom. The first-order valence-corrected chi connectivity index (χ1v) is 11.0. The van der Waals surface area contributed by atoms with Gasteiger partial charge in [0.15, 0.2) is 6.61 Å². The van der Waals surface area contributed by atoms with Gasteiger partial charge in [0.05, 0.1) is 0 Å². The first-order valence-electron chi connectivity index (χ1n) is 8.57. The number of carbonyl (C=O) groups is 3. The number of carboxylic acids is 1. The Balaban J connectivity index is 1.66. The molecule has 8 nitrogen and oxygen atoms in total. The van der Waals surface area contributed by atoms with Gasteiger partial charge in [0.2, 0.25) is 0 Å². The van der Waals surface area contributed by atoms with Gasteiger partial charge in [0, 0.05) is 25.2 Å². The number of benzene rings is 1. The number of aliphatic carboxylic acids is 1. The highest BCUT2D eigenvalue weighted by Gasteiger charge is 2.67. The highest BCUT2D eigenvalue weighted by Crippen LogP contribution is 2.48. The molecule has 28 heavy (non-hydrogen) atoms. The van der Waals surface area contributed by atoms with Gasteiger partial charge in [-0.2, -0.15) is 11.8 Å². The zero-order valence-electron chi connectivity index (χ0n) is 15.5. The van der Waals surface area contributed by atoms with Crippen molar-refractivity contribution in [3.05, 3.63) is 30.3 Å². The molecule has 2 amide bonds. The maximum Gasteiger partial charge on any atom is 0.313 e. The van der Waals surface area contributed by atoms with Gasteiger partial charge in [-0.25, -0.2) is 0 Å². The Hall–Kier alpha value is -1.91. The molecular weight excluding hydrogens is 404 g/mol. The van der Waals surface area contributed by atoms with Crippen LogP contribution in [0.25, 0.3) is 0 Å². The number of β-lactam (4-membered cyclic amide) rings is 1. The standard InChI is InChI=1S/C18H22N2O6S2/c1-25-18(19-13(21)8-26-12-6-4-3-5-7-12)14(22)20-9-17(10-27-2,16(23)24)11-28-15(18)20/h3-7,15H,8-11H2,1-2H3,(H,19,21)(H,23,24)/t15-,17?,18?/m1/s1. The van der Waals surface area contributed by atoms with E-state index in [-0.39, 0.29) is 13.2 Å². The number of hydrogen-bond acceptors (Lipinski definition) is 7. The molecule has 0 aliphatic carbocycles. The summed E-state index contributed by atoms with van der Waals surface area (Å²) in [7, 11) is 1.36. The molecular formula is C18H22N2O6S2. The number of thioether (sulfide) groups is 2. The number of carbonyl (C=O) groups excluding carboxylic acids is 2. The van der Waals surface area contributed by atoms with E-state index in [0.29, 0.717) is 17.3 Å². The zero-order valence-corrected chi connectivity index (χ0v) is 17.2. The highest BCUT2D eigenvalue weighted by atomic mass is 32.2. The third-order valence-electron chi connectivity index (χ3n) is 4.83. The normalized spacial score (nSPS) is 28.9. The summed E-state index contributed by atoms with van der Waals surface area (Å²) < 4.78 is 10.8. The van der Waals surface area contributed by atoms with E-state index >= 15 is 0 Å². The fraction of sp³-hybridized carbons (Fsp3) is 0.500. The molecule has 2 aliphatic heterocycles. The third kappa shape index (κ3) is 3.56. The first kappa shape index (κ1) is 20.8. The van der Waals surface area contributed by atoms with Crippen LogP contribution in [-0.2, 0) is 19.1 Å². The summed E-state index contributed by atoms with van der Waals surface area (Å²) >= 11 is 2.75. The Morgan fingerprint density at radius 2 is 2.11 bits per heavy atom. The van der Waals surface area contributed by atoms with Gasteiger partial charge in [-0.1, -0.05) is 18.2 Å². The van der Waals surface area contributed by atoms with Crippen LogP contribution in [0, 0.1) is 5.41 Å². The van der Waals surface area contributed by atoms with Gasteiger partial charge in [-0.15, -0.1) is 11.8 Å². The van der Waals surface area contributed by atoms with Crippen LogP contribution in [-0.4, -0.2) is 76.9 Å². The summed E-state index contributed by atoms with van der Waals surface area (Å²) in [5.41, 5.74) is -2.50. The Bertz CT molecular complexity index is 764. The Morgan fingerprint density at radius 1 is 1.39 bits per heavy atom. The average Bonchev–Trinajstić information content (AvgIpc) is 2.71. The molecule has 2 N–H and O–H groups in total. The van der Waals surface area contributed by atoms with Crippen molar-refractivity contribution in [3.8, 4) is 5.75 Å². The van der Waals surface area contributed by atoms with Gasteiger partial charge < -0.3 is 24.8 Å². The molecule has 152 valence electrons. The summed E-state index contributed by atoms with van der Waals surface area (Å²) in [4.78, 5) is 38.4. The number of hydrogen-bond donors (Lipinski definition) is 2. The molecule has 0 radical (unpaired) electrons.